The summed E-state index contributed by atoms with van der Waals surface area (Å²) in [5.74, 6) is 0. The topological polar surface area (TPSA) is 51.5 Å². The quantitative estimate of drug-likeness (QED) is 0.218. The molecule has 1 rings (SSSR count). The number of rotatable bonds is 10. The largest absolute Gasteiger partial charge is 0.556 e. The Labute approximate surface area is 136 Å². The number of allylic oxidation sites excluding steroid dienone is 1. The van der Waals surface area contributed by atoms with Crippen LogP contribution in [0.5, 0.6) is 0 Å². The van der Waals surface area contributed by atoms with E-state index in [9.17, 15) is 0 Å². The molecule has 0 aromatic rings. The van der Waals surface area contributed by atoms with Crippen LogP contribution in [0.3, 0.4) is 0 Å². The predicted octanol–water partition coefficient (Wildman–Crippen LogP) is 3.98. The van der Waals surface area contributed by atoms with Crippen molar-refractivity contribution in [2.75, 3.05) is 0 Å². The van der Waals surface area contributed by atoms with Crippen LogP contribution in [0.1, 0.15) is 60.3 Å². The van der Waals surface area contributed by atoms with Gasteiger partial charge in [-0.2, -0.15) is 0 Å². The van der Waals surface area contributed by atoms with E-state index >= 15 is 0 Å². The fraction of sp³-hybridized carbons (Fsp3) is 0.812. The van der Waals surface area contributed by atoms with Gasteiger partial charge in [-0.3, -0.25) is 5.41 Å². The van der Waals surface area contributed by atoms with Crippen LogP contribution in [0.15, 0.2) is 12.7 Å². The molecule has 1 atom stereocenters. The molecule has 1 aliphatic heterocycles. The normalized spacial score (nSPS) is 22.0. The first kappa shape index (κ1) is 19.3. The highest BCUT2D eigenvalue weighted by Gasteiger charge is 2.50. The third kappa shape index (κ3) is 5.17. The molecule has 0 saturated carbocycles. The standard InChI is InChI=1S/C16H31B2NO3/c1-7-10-16(6,17-20-13-19)11-8-9-12-18-21-14(2,3)15(4,5)22-18/h7,13,17,19H,1,8-12H2,2-6H3. The van der Waals surface area contributed by atoms with Gasteiger partial charge in [0.15, 0.2) is 0 Å². The molecule has 0 bridgehead atoms. The Balaban J connectivity index is 2.35. The molecule has 4 nitrogen and oxygen atoms in total. The molecule has 0 aromatic heterocycles. The Morgan fingerprint density at radius 2 is 1.82 bits per heavy atom. The van der Waals surface area contributed by atoms with Crippen molar-refractivity contribution in [3.05, 3.63) is 12.7 Å². The van der Waals surface area contributed by atoms with Gasteiger partial charge < -0.3 is 14.0 Å². The van der Waals surface area contributed by atoms with Crippen molar-refractivity contribution in [2.24, 2.45) is 0 Å². The molecule has 6 heteroatoms. The lowest BCUT2D eigenvalue weighted by Crippen LogP contribution is -2.41. The van der Waals surface area contributed by atoms with E-state index in [1.54, 1.807) is 0 Å². The van der Waals surface area contributed by atoms with Gasteiger partial charge in [-0.05, 0) is 45.8 Å². The Morgan fingerprint density at radius 1 is 1.23 bits per heavy atom. The second kappa shape index (κ2) is 7.69. The third-order valence-electron chi connectivity index (χ3n) is 4.92. The van der Waals surface area contributed by atoms with Crippen molar-refractivity contribution in [2.45, 2.75) is 83.1 Å². The van der Waals surface area contributed by atoms with Crippen LogP contribution < -0.4 is 0 Å². The van der Waals surface area contributed by atoms with Gasteiger partial charge in [-0.25, -0.2) is 0 Å². The highest BCUT2D eigenvalue weighted by molar-refractivity contribution is 6.45. The van der Waals surface area contributed by atoms with E-state index in [1.807, 2.05) is 6.08 Å². The number of hydrogen-bond acceptors (Lipinski definition) is 4. The number of nitrogens with one attached hydrogen (secondary N) is 1. The summed E-state index contributed by atoms with van der Waals surface area (Å²) in [7, 11) is 0.465. The Hall–Kier alpha value is -0.740. The molecule has 0 amide bonds. The summed E-state index contributed by atoms with van der Waals surface area (Å²) in [6.07, 6.45) is 7.98. The van der Waals surface area contributed by atoms with E-state index in [0.29, 0.717) is 7.48 Å². The average Bonchev–Trinajstić information content (AvgIpc) is 2.61. The van der Waals surface area contributed by atoms with Gasteiger partial charge in [0.2, 0.25) is 0 Å². The first-order valence-corrected chi connectivity index (χ1v) is 8.23. The van der Waals surface area contributed by atoms with Gasteiger partial charge in [0.1, 0.15) is 6.40 Å². The molecule has 1 aliphatic rings. The molecule has 1 heterocycles. The van der Waals surface area contributed by atoms with Crippen molar-refractivity contribution >= 4 is 21.0 Å². The van der Waals surface area contributed by atoms with Gasteiger partial charge in [0.25, 0.3) is 0 Å². The van der Waals surface area contributed by atoms with Crippen LogP contribution in [0, 0.1) is 5.41 Å². The predicted molar refractivity (Wildman–Crippen MR) is 94.9 cm³/mol. The maximum absolute atomic E-state index is 7.01. The van der Waals surface area contributed by atoms with E-state index in [1.165, 1.54) is 0 Å². The summed E-state index contributed by atoms with van der Waals surface area (Å²) in [5, 5.41) is 7.06. The average molecular weight is 307 g/mol. The van der Waals surface area contributed by atoms with Crippen LogP contribution in [0.25, 0.3) is 0 Å². The minimum absolute atomic E-state index is 0.0508. The van der Waals surface area contributed by atoms with E-state index in [-0.39, 0.29) is 23.6 Å². The summed E-state index contributed by atoms with van der Waals surface area (Å²) in [6.45, 7) is 14.4. The monoisotopic (exact) mass is 307 g/mol. The molecule has 1 N–H and O–H groups in total. The molecule has 1 unspecified atom stereocenters. The lowest BCUT2D eigenvalue weighted by molar-refractivity contribution is 0.00578. The zero-order valence-electron chi connectivity index (χ0n) is 14.9. The SMILES string of the molecule is C=CCC(C)(BOC=N)CCCCB1OC(C)(C)C(C)(C)O1. The number of unbranched alkanes of at least 4 members (excludes halogenated alkanes) is 1. The van der Waals surface area contributed by atoms with Crippen molar-refractivity contribution in [3.63, 3.8) is 0 Å². The molecule has 1 saturated heterocycles. The molecule has 0 radical (unpaired) electrons. The Bertz CT molecular complexity index is 372. The molecule has 124 valence electrons. The van der Waals surface area contributed by atoms with E-state index < -0.39 is 0 Å². The Morgan fingerprint density at radius 3 is 2.32 bits per heavy atom. The maximum atomic E-state index is 7.01. The first-order valence-electron chi connectivity index (χ1n) is 8.23. The van der Waals surface area contributed by atoms with E-state index in [4.69, 9.17) is 19.4 Å². The lowest BCUT2D eigenvalue weighted by atomic mass is 9.60. The van der Waals surface area contributed by atoms with Gasteiger partial charge in [-0.1, -0.05) is 32.3 Å². The van der Waals surface area contributed by atoms with Crippen LogP contribution in [0.4, 0.5) is 0 Å². The van der Waals surface area contributed by atoms with Crippen molar-refractivity contribution in [1.82, 2.24) is 0 Å². The van der Waals surface area contributed by atoms with Crippen molar-refractivity contribution < 1.29 is 14.0 Å². The van der Waals surface area contributed by atoms with Crippen LogP contribution in [-0.4, -0.2) is 32.2 Å². The van der Waals surface area contributed by atoms with Gasteiger partial charge in [0, 0.05) is 0 Å². The molecule has 22 heavy (non-hydrogen) atoms. The lowest BCUT2D eigenvalue weighted by Gasteiger charge is -2.32. The maximum Gasteiger partial charge on any atom is 0.457 e. The summed E-state index contributed by atoms with van der Waals surface area (Å²) in [5.41, 5.74) is -0.486. The third-order valence-corrected chi connectivity index (χ3v) is 4.92. The van der Waals surface area contributed by atoms with Gasteiger partial charge in [-0.15, -0.1) is 6.58 Å². The summed E-state index contributed by atoms with van der Waals surface area (Å²) in [6, 6.07) is 0. The minimum Gasteiger partial charge on any atom is -0.556 e. The van der Waals surface area contributed by atoms with Crippen molar-refractivity contribution in [1.29, 1.82) is 5.41 Å². The molecule has 0 aromatic carbocycles. The van der Waals surface area contributed by atoms with Gasteiger partial charge >= 0.3 is 14.6 Å². The first-order chi connectivity index (χ1) is 10.2. The van der Waals surface area contributed by atoms with Crippen LogP contribution >= 0.6 is 0 Å². The second-order valence-electron chi connectivity index (χ2n) is 7.66. The summed E-state index contributed by atoms with van der Waals surface area (Å²) in [4.78, 5) is 0. The minimum atomic E-state index is -0.243. The fourth-order valence-corrected chi connectivity index (χ4v) is 2.77. The molecule has 0 spiro atoms. The van der Waals surface area contributed by atoms with Gasteiger partial charge in [0.05, 0.1) is 11.2 Å². The zero-order chi connectivity index (χ0) is 16.9. The highest BCUT2D eigenvalue weighted by Crippen LogP contribution is 2.39. The van der Waals surface area contributed by atoms with Crippen molar-refractivity contribution in [3.8, 4) is 0 Å². The number of hydrogen-bond donors (Lipinski definition) is 1. The van der Waals surface area contributed by atoms with E-state index in [2.05, 4.69) is 41.2 Å². The fourth-order valence-electron chi connectivity index (χ4n) is 2.77. The van der Waals surface area contributed by atoms with Crippen LogP contribution in [0.2, 0.25) is 11.6 Å². The summed E-state index contributed by atoms with van der Waals surface area (Å²) < 4.78 is 17.2. The second-order valence-corrected chi connectivity index (χ2v) is 7.66. The highest BCUT2D eigenvalue weighted by atomic mass is 16.7. The van der Waals surface area contributed by atoms with E-state index in [0.717, 1.165) is 38.4 Å². The molecule has 0 aliphatic carbocycles. The zero-order valence-corrected chi connectivity index (χ0v) is 14.9. The van der Waals surface area contributed by atoms with Crippen LogP contribution in [-0.2, 0) is 14.0 Å². The smallest absolute Gasteiger partial charge is 0.457 e. The molecular weight excluding hydrogens is 276 g/mol. The molecular formula is C16H31B2NO3. The molecule has 1 fully saturated rings. The Kier molecular flexibility index (Phi) is 6.75. The summed E-state index contributed by atoms with van der Waals surface area (Å²) >= 11 is 0.